The minimum absolute atomic E-state index is 0.00785. The molecule has 6 rings (SSSR count). The zero-order valence-electron chi connectivity index (χ0n) is 37.1. The van der Waals surface area contributed by atoms with Gasteiger partial charge in [-0.1, -0.05) is 54.6 Å². The summed E-state index contributed by atoms with van der Waals surface area (Å²) in [6.45, 7) is 12.2. The molecule has 1 N–H and O–H groups in total. The number of aromatic amines is 1. The third-order valence-corrected chi connectivity index (χ3v) is 14.2. The fraction of sp³-hybridized carbons (Fsp3) is 0.500. The third-order valence-electron chi connectivity index (χ3n) is 11.7. The Morgan fingerprint density at radius 2 is 1.47 bits per heavy atom. The van der Waals surface area contributed by atoms with Gasteiger partial charge in [-0.05, 0) is 82.6 Å². The smallest absolute Gasteiger partial charge is 0.409 e. The molecule has 3 heterocycles. The molecule has 62 heavy (non-hydrogen) atoms. The lowest BCUT2D eigenvalue weighted by atomic mass is 9.79. The predicted molar refractivity (Wildman–Crippen MR) is 237 cm³/mol. The van der Waals surface area contributed by atoms with Gasteiger partial charge < -0.3 is 23.8 Å². The van der Waals surface area contributed by atoms with Crippen LogP contribution < -0.4 is 20.7 Å². The van der Waals surface area contributed by atoms with Crippen LogP contribution in [0.25, 0.3) is 0 Å². The van der Waals surface area contributed by atoms with E-state index < -0.39 is 42.5 Å². The second-order valence-electron chi connectivity index (χ2n) is 16.6. The van der Waals surface area contributed by atoms with Gasteiger partial charge in [-0.3, -0.25) is 28.3 Å². The third kappa shape index (κ3) is 10.1. The van der Waals surface area contributed by atoms with Crippen molar-refractivity contribution in [2.75, 3.05) is 67.2 Å². The number of likely N-dealkylation sites (N-methyl/N-ethyl adjacent to an activating group) is 1. The highest BCUT2D eigenvalue weighted by Gasteiger charge is 2.57. The van der Waals surface area contributed by atoms with Crippen molar-refractivity contribution in [3.05, 3.63) is 128 Å². The summed E-state index contributed by atoms with van der Waals surface area (Å²) in [5, 5.41) is 9.51. The van der Waals surface area contributed by atoms with Crippen LogP contribution in [0.5, 0.6) is 11.5 Å². The molecule has 2 fully saturated rings. The summed E-state index contributed by atoms with van der Waals surface area (Å²) in [4.78, 5) is 33.2. The van der Waals surface area contributed by atoms with Crippen molar-refractivity contribution in [3.8, 4) is 17.6 Å². The number of aryl methyl sites for hydroxylation is 1. The number of nitrogens with zero attached hydrogens (tertiary/aromatic N) is 5. The highest BCUT2D eigenvalue weighted by molar-refractivity contribution is 7.51. The first kappa shape index (κ1) is 46.9. The molecule has 0 radical (unpaired) electrons. The Morgan fingerprint density at radius 1 is 0.903 bits per heavy atom. The molecule has 3 aromatic carbocycles. The Bertz CT molecular complexity index is 2230. The first-order valence-corrected chi connectivity index (χ1v) is 22.7. The summed E-state index contributed by atoms with van der Waals surface area (Å²) in [5.74, 6) is 1.34. The topological polar surface area (TPSA) is 161 Å². The summed E-state index contributed by atoms with van der Waals surface area (Å²) in [6.07, 6.45) is -0.477. The van der Waals surface area contributed by atoms with E-state index >= 15 is 4.57 Å². The van der Waals surface area contributed by atoms with Gasteiger partial charge in [0.15, 0.2) is 0 Å². The van der Waals surface area contributed by atoms with Crippen LogP contribution >= 0.6 is 7.75 Å². The standard InChI is InChI=1S/C46H61N6O9P/c1-33(2)52(34(3)4)62(55,59-28-12-23-47)61-41-29-42(51-30-35(5)43(53)48-44(51)54)60-45(41,31-50-26-24-49(6)25-27-50)32-58-46(36-13-10-9-11-14-36,37-15-19-39(56-7)20-16-37)38-17-21-40(57-8)22-18-38/h9-11,13-22,30,33-34,41-42H,12,24-29,31-32H2,1-8H3,(H,48,53,54)/t41-,42+,45+,62?/m0/s1. The molecule has 2 aliphatic rings. The summed E-state index contributed by atoms with van der Waals surface area (Å²) >= 11 is 0. The van der Waals surface area contributed by atoms with E-state index in [1.807, 2.05) is 107 Å². The maximum atomic E-state index is 15.6. The molecular formula is C46H61N6O9P. The van der Waals surface area contributed by atoms with Crippen LogP contribution in [0.15, 0.2) is 94.6 Å². The fourth-order valence-electron chi connectivity index (χ4n) is 8.58. The number of benzene rings is 3. The lowest BCUT2D eigenvalue weighted by molar-refractivity contribution is -0.170. The maximum Gasteiger partial charge on any atom is 0.409 e. The molecule has 0 aliphatic carbocycles. The minimum atomic E-state index is -4.22. The van der Waals surface area contributed by atoms with Crippen LogP contribution in [0, 0.1) is 18.3 Å². The highest BCUT2D eigenvalue weighted by Crippen LogP contribution is 2.59. The van der Waals surface area contributed by atoms with Crippen LogP contribution in [-0.2, 0) is 28.7 Å². The van der Waals surface area contributed by atoms with Gasteiger partial charge in [-0.15, -0.1) is 0 Å². The number of H-pyrrole nitrogens is 1. The number of rotatable bonds is 19. The molecule has 2 aliphatic heterocycles. The molecule has 4 aromatic rings. The number of ether oxygens (including phenoxy) is 4. The Kier molecular flexibility index (Phi) is 15.3. The molecule has 0 saturated carbocycles. The Labute approximate surface area is 364 Å². The predicted octanol–water partition coefficient (Wildman–Crippen LogP) is 6.32. The van der Waals surface area contributed by atoms with Crippen molar-refractivity contribution in [1.29, 1.82) is 5.26 Å². The van der Waals surface area contributed by atoms with E-state index in [2.05, 4.69) is 27.9 Å². The van der Waals surface area contributed by atoms with Crippen LogP contribution in [0.2, 0.25) is 0 Å². The van der Waals surface area contributed by atoms with Crippen LogP contribution in [-0.4, -0.2) is 115 Å². The van der Waals surface area contributed by atoms with E-state index in [0.29, 0.717) is 30.2 Å². The second-order valence-corrected chi connectivity index (χ2v) is 18.5. The molecule has 0 spiro atoms. The van der Waals surface area contributed by atoms with Crippen LogP contribution in [0.1, 0.15) is 69.0 Å². The van der Waals surface area contributed by atoms with E-state index in [4.69, 9.17) is 28.0 Å². The molecule has 2 saturated heterocycles. The summed E-state index contributed by atoms with van der Waals surface area (Å²) < 4.78 is 57.8. The zero-order chi connectivity index (χ0) is 44.7. The lowest BCUT2D eigenvalue weighted by Gasteiger charge is -2.45. The fourth-order valence-corrected chi connectivity index (χ4v) is 10.9. The Balaban J connectivity index is 1.58. The van der Waals surface area contributed by atoms with Crippen molar-refractivity contribution in [3.63, 3.8) is 0 Å². The zero-order valence-corrected chi connectivity index (χ0v) is 38.0. The van der Waals surface area contributed by atoms with E-state index in [1.54, 1.807) is 25.8 Å². The van der Waals surface area contributed by atoms with Gasteiger partial charge in [0, 0.05) is 63.0 Å². The molecule has 0 bridgehead atoms. The van der Waals surface area contributed by atoms with Crippen LogP contribution in [0.4, 0.5) is 0 Å². The van der Waals surface area contributed by atoms with Gasteiger partial charge in [0.2, 0.25) is 0 Å². The van der Waals surface area contributed by atoms with Gasteiger partial charge in [0.1, 0.15) is 35.0 Å². The molecular weight excluding hydrogens is 812 g/mol. The normalized spacial score (nSPS) is 21.0. The number of hydrogen-bond donors (Lipinski definition) is 1. The average Bonchev–Trinajstić information content (AvgIpc) is 3.59. The van der Waals surface area contributed by atoms with E-state index in [0.717, 1.165) is 29.8 Å². The monoisotopic (exact) mass is 872 g/mol. The number of piperazine rings is 1. The molecule has 4 atom stereocenters. The molecule has 1 unspecified atom stereocenters. The Morgan fingerprint density at radius 3 is 2.00 bits per heavy atom. The van der Waals surface area contributed by atoms with Crippen LogP contribution in [0.3, 0.4) is 0 Å². The molecule has 0 amide bonds. The van der Waals surface area contributed by atoms with Gasteiger partial charge in [0.05, 0.1) is 39.9 Å². The van der Waals surface area contributed by atoms with Gasteiger partial charge in [0.25, 0.3) is 5.56 Å². The first-order valence-electron chi connectivity index (χ1n) is 21.2. The SMILES string of the molecule is COc1ccc(C(OC[C@@]2(CN3CCN(C)CC3)O[C@@H](n3cc(C)c(=O)[nH]c3=O)C[C@@H]2OP(=O)(OCCC#N)N(C(C)C)C(C)C)(c2ccccc2)c2ccc(OC)cc2)cc1. The number of hydrogen-bond acceptors (Lipinski definition) is 12. The summed E-state index contributed by atoms with van der Waals surface area (Å²) in [5.41, 5.74) is -1.14. The minimum Gasteiger partial charge on any atom is -0.497 e. The van der Waals surface area contributed by atoms with E-state index in [9.17, 15) is 14.9 Å². The highest BCUT2D eigenvalue weighted by atomic mass is 31.2. The number of aromatic nitrogens is 2. The Hall–Kier alpha value is -4.62. The van der Waals surface area contributed by atoms with Crippen molar-refractivity contribution in [1.82, 2.24) is 24.0 Å². The summed E-state index contributed by atoms with van der Waals surface area (Å²) in [6, 6.07) is 26.8. The first-order chi connectivity index (χ1) is 29.7. The molecule has 1 aromatic heterocycles. The maximum absolute atomic E-state index is 15.6. The number of nitriles is 1. The van der Waals surface area contributed by atoms with E-state index in [-0.39, 0.29) is 44.7 Å². The van der Waals surface area contributed by atoms with Crippen molar-refractivity contribution in [2.45, 2.75) is 83.1 Å². The number of nitrogens with one attached hydrogen (secondary N) is 1. The van der Waals surface area contributed by atoms with E-state index in [1.165, 1.54) is 10.8 Å². The van der Waals surface area contributed by atoms with Crippen molar-refractivity contribution in [2.24, 2.45) is 0 Å². The average molecular weight is 873 g/mol. The summed E-state index contributed by atoms with van der Waals surface area (Å²) in [7, 11) is 1.09. The molecule has 15 nitrogen and oxygen atoms in total. The molecule has 16 heteroatoms. The molecule has 334 valence electrons. The lowest BCUT2D eigenvalue weighted by Crippen LogP contribution is -2.58. The van der Waals surface area contributed by atoms with Crippen molar-refractivity contribution >= 4 is 7.75 Å². The van der Waals surface area contributed by atoms with Gasteiger partial charge in [-0.2, -0.15) is 5.26 Å². The largest absolute Gasteiger partial charge is 0.497 e. The number of methoxy groups -OCH3 is 2. The van der Waals surface area contributed by atoms with Gasteiger partial charge in [-0.25, -0.2) is 14.0 Å². The van der Waals surface area contributed by atoms with Crippen molar-refractivity contribution < 1.29 is 32.6 Å². The van der Waals surface area contributed by atoms with Gasteiger partial charge >= 0.3 is 13.4 Å². The quantitative estimate of drug-likeness (QED) is 0.0634. The second kappa shape index (κ2) is 20.3.